The van der Waals surface area contributed by atoms with Crippen LogP contribution in [0.3, 0.4) is 0 Å². The maximum absolute atomic E-state index is 12.3. The molecule has 6 nitrogen and oxygen atoms in total. The lowest BCUT2D eigenvalue weighted by atomic mass is 9.60. The van der Waals surface area contributed by atoms with Crippen LogP contribution in [0.15, 0.2) is 18.2 Å². The Balaban J connectivity index is 1.63. The van der Waals surface area contributed by atoms with Crippen molar-refractivity contribution in [2.24, 2.45) is 11.8 Å². The Morgan fingerprint density at radius 2 is 2.13 bits per heavy atom. The van der Waals surface area contributed by atoms with Crippen LogP contribution in [0.1, 0.15) is 56.7 Å². The third kappa shape index (κ3) is 4.23. The van der Waals surface area contributed by atoms with E-state index in [0.717, 1.165) is 31.8 Å². The van der Waals surface area contributed by atoms with Gasteiger partial charge in [0.1, 0.15) is 12.4 Å². The fraction of sp³-hybridized carbons (Fsp3) is 0.708. The van der Waals surface area contributed by atoms with Crippen molar-refractivity contribution in [2.75, 3.05) is 40.0 Å². The second-order valence-corrected chi connectivity index (χ2v) is 9.58. The van der Waals surface area contributed by atoms with E-state index in [-0.39, 0.29) is 30.6 Å². The van der Waals surface area contributed by atoms with Crippen molar-refractivity contribution in [1.82, 2.24) is 10.2 Å². The van der Waals surface area contributed by atoms with Gasteiger partial charge in [-0.3, -0.25) is 15.0 Å². The molecule has 3 aliphatic rings. The summed E-state index contributed by atoms with van der Waals surface area (Å²) in [6.45, 7) is 7.81. The van der Waals surface area contributed by atoms with Crippen LogP contribution < -0.4 is 5.32 Å². The summed E-state index contributed by atoms with van der Waals surface area (Å²) in [5, 5.41) is 13.8. The van der Waals surface area contributed by atoms with Crippen LogP contribution in [0.25, 0.3) is 0 Å². The number of likely N-dealkylation sites (tertiary alicyclic amines) is 1. The van der Waals surface area contributed by atoms with Gasteiger partial charge in [-0.1, -0.05) is 19.9 Å². The Labute approximate surface area is 179 Å². The molecule has 1 heterocycles. The third-order valence-electron chi connectivity index (χ3n) is 7.62. The van der Waals surface area contributed by atoms with Gasteiger partial charge in [0.2, 0.25) is 0 Å². The van der Waals surface area contributed by atoms with Gasteiger partial charge in [0, 0.05) is 25.7 Å². The summed E-state index contributed by atoms with van der Waals surface area (Å²) in [5.74, 6) is 1.30. The zero-order valence-corrected chi connectivity index (χ0v) is 18.5. The fourth-order valence-corrected chi connectivity index (χ4v) is 5.65. The van der Waals surface area contributed by atoms with E-state index >= 15 is 0 Å². The molecular formula is C24H36N2O4. The minimum absolute atomic E-state index is 0.0220. The van der Waals surface area contributed by atoms with Gasteiger partial charge in [-0.25, -0.2) is 0 Å². The van der Waals surface area contributed by atoms with E-state index in [1.54, 1.807) is 13.2 Å². The Morgan fingerprint density at radius 3 is 2.87 bits per heavy atom. The highest BCUT2D eigenvalue weighted by Crippen LogP contribution is 2.52. The molecule has 0 radical (unpaired) electrons. The van der Waals surface area contributed by atoms with Crippen LogP contribution >= 0.6 is 0 Å². The van der Waals surface area contributed by atoms with Crippen molar-refractivity contribution in [1.29, 1.82) is 0 Å². The fourth-order valence-electron chi connectivity index (χ4n) is 5.65. The van der Waals surface area contributed by atoms with E-state index in [1.165, 1.54) is 24.0 Å². The minimum Gasteiger partial charge on any atom is -0.508 e. The van der Waals surface area contributed by atoms with Gasteiger partial charge >= 0.3 is 5.97 Å². The van der Waals surface area contributed by atoms with Crippen molar-refractivity contribution in [3.63, 3.8) is 0 Å². The quantitative estimate of drug-likeness (QED) is 0.502. The number of hydrogen-bond acceptors (Lipinski definition) is 6. The largest absolute Gasteiger partial charge is 0.508 e. The van der Waals surface area contributed by atoms with Gasteiger partial charge in [0.15, 0.2) is 0 Å². The topological polar surface area (TPSA) is 71.0 Å². The molecule has 1 aromatic rings. The van der Waals surface area contributed by atoms with E-state index in [1.807, 2.05) is 6.07 Å². The smallest absolute Gasteiger partial charge is 0.320 e. The van der Waals surface area contributed by atoms with Crippen LogP contribution in [0.4, 0.5) is 0 Å². The second-order valence-electron chi connectivity index (χ2n) is 9.58. The van der Waals surface area contributed by atoms with Crippen molar-refractivity contribution in [3.05, 3.63) is 29.3 Å². The number of fused-ring (bicyclic) bond motifs is 4. The molecule has 1 saturated heterocycles. The van der Waals surface area contributed by atoms with Crippen molar-refractivity contribution >= 4 is 5.97 Å². The molecule has 166 valence electrons. The average Bonchev–Trinajstić information content (AvgIpc) is 3.54. The van der Waals surface area contributed by atoms with Crippen LogP contribution in [0.2, 0.25) is 0 Å². The first-order valence-corrected chi connectivity index (χ1v) is 11.4. The molecule has 4 atom stereocenters. The van der Waals surface area contributed by atoms with Gasteiger partial charge in [-0.15, -0.1) is 0 Å². The van der Waals surface area contributed by atoms with E-state index in [2.05, 4.69) is 30.1 Å². The second kappa shape index (κ2) is 8.85. The number of phenols is 1. The number of phenolic OH excluding ortho intramolecular Hbond substituents is 1. The number of hydrogen-bond donors (Lipinski definition) is 2. The Hall–Kier alpha value is -1.63. The summed E-state index contributed by atoms with van der Waals surface area (Å²) in [4.78, 5) is 15.0. The Kier molecular flexibility index (Phi) is 6.37. The van der Waals surface area contributed by atoms with Gasteiger partial charge < -0.3 is 14.6 Å². The molecular weight excluding hydrogens is 380 g/mol. The van der Waals surface area contributed by atoms with E-state index in [9.17, 15) is 9.90 Å². The number of esters is 1. The lowest BCUT2D eigenvalue weighted by molar-refractivity contribution is -0.144. The molecule has 4 rings (SSSR count). The van der Waals surface area contributed by atoms with Crippen LogP contribution in [-0.4, -0.2) is 62.0 Å². The SMILES string of the molecule is COCCOC(=O)CNC1c2ccc(O)cc2[C@]2(C)CCCN(CC3CC3)[C@H]1[C@@H]2C. The van der Waals surface area contributed by atoms with E-state index in [0.29, 0.717) is 24.3 Å². The van der Waals surface area contributed by atoms with E-state index in [4.69, 9.17) is 9.47 Å². The normalized spacial score (nSPS) is 31.1. The van der Waals surface area contributed by atoms with Gasteiger partial charge in [0.25, 0.3) is 0 Å². The minimum atomic E-state index is -0.254. The molecule has 1 unspecified atom stereocenters. The maximum atomic E-state index is 12.3. The highest BCUT2D eigenvalue weighted by molar-refractivity contribution is 5.71. The number of ether oxygens (including phenoxy) is 2. The number of carbonyl (C=O) groups excluding carboxylic acids is 1. The number of carbonyl (C=O) groups is 1. The van der Waals surface area contributed by atoms with Crippen molar-refractivity contribution < 1.29 is 19.4 Å². The van der Waals surface area contributed by atoms with Gasteiger partial charge in [-0.2, -0.15) is 0 Å². The molecule has 2 fully saturated rings. The van der Waals surface area contributed by atoms with Crippen molar-refractivity contribution in [2.45, 2.75) is 57.0 Å². The molecule has 2 bridgehead atoms. The molecule has 2 N–H and O–H groups in total. The van der Waals surface area contributed by atoms with Gasteiger partial charge in [-0.05, 0) is 72.7 Å². The molecule has 0 amide bonds. The zero-order chi connectivity index (χ0) is 21.3. The molecule has 0 aromatic heterocycles. The number of rotatable bonds is 8. The number of methoxy groups -OCH3 is 1. The first kappa shape index (κ1) is 21.6. The number of nitrogens with zero attached hydrogens (tertiary/aromatic N) is 1. The average molecular weight is 417 g/mol. The lowest BCUT2D eigenvalue weighted by Crippen LogP contribution is -2.56. The molecule has 2 aliphatic carbocycles. The molecule has 30 heavy (non-hydrogen) atoms. The summed E-state index contributed by atoms with van der Waals surface area (Å²) < 4.78 is 10.2. The highest BCUT2D eigenvalue weighted by atomic mass is 16.6. The van der Waals surface area contributed by atoms with Crippen LogP contribution in [0.5, 0.6) is 5.75 Å². The number of nitrogens with one attached hydrogen (secondary N) is 1. The first-order chi connectivity index (χ1) is 14.4. The summed E-state index contributed by atoms with van der Waals surface area (Å²) in [5.41, 5.74) is 2.46. The maximum Gasteiger partial charge on any atom is 0.320 e. The molecule has 1 aliphatic heterocycles. The standard InChI is InChI=1S/C24H36N2O4/c1-16-23-22(25-14-21(28)30-12-11-29-3)19-8-7-18(27)13-20(19)24(16,2)9-4-10-26(23)15-17-5-6-17/h7-8,13,16-17,22-23,25,27H,4-6,9-12,14-15H2,1-3H3/t16-,22?,23-,24+/m0/s1. The summed E-state index contributed by atoms with van der Waals surface area (Å²) in [6, 6.07) is 6.14. The van der Waals surface area contributed by atoms with Crippen LogP contribution in [0, 0.1) is 11.8 Å². The molecule has 1 saturated carbocycles. The summed E-state index contributed by atoms with van der Waals surface area (Å²) >= 11 is 0. The summed E-state index contributed by atoms with van der Waals surface area (Å²) in [7, 11) is 1.60. The number of benzene rings is 1. The third-order valence-corrected chi connectivity index (χ3v) is 7.62. The van der Waals surface area contributed by atoms with Crippen LogP contribution in [-0.2, 0) is 19.7 Å². The summed E-state index contributed by atoms with van der Waals surface area (Å²) in [6.07, 6.45) is 4.95. The predicted molar refractivity (Wildman–Crippen MR) is 116 cm³/mol. The Morgan fingerprint density at radius 1 is 1.33 bits per heavy atom. The molecule has 6 heteroatoms. The monoisotopic (exact) mass is 416 g/mol. The highest BCUT2D eigenvalue weighted by Gasteiger charge is 2.51. The zero-order valence-electron chi connectivity index (χ0n) is 18.5. The molecule has 1 aromatic carbocycles. The first-order valence-electron chi connectivity index (χ1n) is 11.4. The Bertz CT molecular complexity index is 766. The lowest BCUT2D eigenvalue weighted by Gasteiger charge is -2.51. The number of aromatic hydroxyl groups is 1. The molecule has 0 spiro atoms. The van der Waals surface area contributed by atoms with E-state index < -0.39 is 0 Å². The van der Waals surface area contributed by atoms with Gasteiger partial charge in [0.05, 0.1) is 13.2 Å². The predicted octanol–water partition coefficient (Wildman–Crippen LogP) is 2.99. The van der Waals surface area contributed by atoms with Crippen molar-refractivity contribution in [3.8, 4) is 5.75 Å².